The first kappa shape index (κ1) is 14.7. The summed E-state index contributed by atoms with van der Waals surface area (Å²) < 4.78 is 10.1. The lowest BCUT2D eigenvalue weighted by molar-refractivity contribution is 0.0601. The second-order valence-corrected chi connectivity index (χ2v) is 5.71. The second-order valence-electron chi connectivity index (χ2n) is 5.71. The first-order chi connectivity index (χ1) is 10.6. The molecule has 1 N–H and O–H groups in total. The van der Waals surface area contributed by atoms with Crippen LogP contribution in [0.15, 0.2) is 28.8 Å². The Morgan fingerprint density at radius 3 is 2.73 bits per heavy atom. The molecule has 2 aromatic rings. The van der Waals surface area contributed by atoms with Crippen molar-refractivity contribution in [3.05, 3.63) is 35.7 Å². The first-order valence-corrected chi connectivity index (χ1v) is 7.40. The van der Waals surface area contributed by atoms with Gasteiger partial charge in [-0.05, 0) is 44.9 Å². The van der Waals surface area contributed by atoms with Crippen molar-refractivity contribution in [1.82, 2.24) is 15.5 Å². The van der Waals surface area contributed by atoms with Gasteiger partial charge >= 0.3 is 5.97 Å². The average molecular weight is 301 g/mol. The maximum atomic E-state index is 11.4. The van der Waals surface area contributed by atoms with E-state index in [1.54, 1.807) is 24.3 Å². The summed E-state index contributed by atoms with van der Waals surface area (Å²) in [4.78, 5) is 15.9. The highest BCUT2D eigenvalue weighted by atomic mass is 16.5. The van der Waals surface area contributed by atoms with E-state index in [1.165, 1.54) is 13.5 Å². The average Bonchev–Trinajstić information content (AvgIpc) is 3.06. The summed E-state index contributed by atoms with van der Waals surface area (Å²) in [7, 11) is 1.36. The predicted octanol–water partition coefficient (Wildman–Crippen LogP) is 2.51. The number of carbonyl (C=O) groups is 1. The molecule has 1 fully saturated rings. The van der Waals surface area contributed by atoms with Crippen molar-refractivity contribution in [2.45, 2.75) is 31.7 Å². The van der Waals surface area contributed by atoms with Gasteiger partial charge < -0.3 is 14.6 Å². The van der Waals surface area contributed by atoms with E-state index in [4.69, 9.17) is 4.52 Å². The van der Waals surface area contributed by atoms with Gasteiger partial charge in [-0.3, -0.25) is 0 Å². The molecule has 116 valence electrons. The maximum Gasteiger partial charge on any atom is 0.337 e. The van der Waals surface area contributed by atoms with Crippen LogP contribution in [0.1, 0.15) is 42.4 Å². The van der Waals surface area contributed by atoms with Crippen LogP contribution in [0.5, 0.6) is 0 Å². The molecule has 22 heavy (non-hydrogen) atoms. The molecule has 1 unspecified atom stereocenters. The number of ether oxygens (including phenoxy) is 1. The molecule has 0 spiro atoms. The minimum absolute atomic E-state index is 0.255. The molecular weight excluding hydrogens is 282 g/mol. The minimum atomic E-state index is -0.362. The molecule has 6 nitrogen and oxygen atoms in total. The second kappa shape index (κ2) is 5.88. The van der Waals surface area contributed by atoms with Gasteiger partial charge in [-0.2, -0.15) is 4.98 Å². The number of benzene rings is 1. The largest absolute Gasteiger partial charge is 0.465 e. The number of hydrogen-bond acceptors (Lipinski definition) is 6. The number of aromatic nitrogens is 2. The number of methoxy groups -OCH3 is 1. The molecule has 0 radical (unpaired) electrons. The summed E-state index contributed by atoms with van der Waals surface area (Å²) in [5.74, 6) is 0.776. The molecule has 1 atom stereocenters. The molecular formula is C16H19N3O3. The van der Waals surface area contributed by atoms with E-state index in [9.17, 15) is 4.79 Å². The third kappa shape index (κ3) is 2.74. The van der Waals surface area contributed by atoms with Gasteiger partial charge in [-0.15, -0.1) is 0 Å². The van der Waals surface area contributed by atoms with Gasteiger partial charge in [-0.1, -0.05) is 17.3 Å². The zero-order valence-corrected chi connectivity index (χ0v) is 12.8. The monoisotopic (exact) mass is 301 g/mol. The zero-order chi connectivity index (χ0) is 15.6. The van der Waals surface area contributed by atoms with E-state index < -0.39 is 0 Å². The lowest BCUT2D eigenvalue weighted by Crippen LogP contribution is -2.43. The lowest BCUT2D eigenvalue weighted by atomic mass is 9.91. The van der Waals surface area contributed by atoms with Crippen LogP contribution in [0.4, 0.5) is 0 Å². The van der Waals surface area contributed by atoms with Crippen LogP contribution in [0, 0.1) is 0 Å². The number of carbonyl (C=O) groups excluding carboxylic acids is 1. The molecule has 1 aliphatic rings. The predicted molar refractivity (Wildman–Crippen MR) is 80.3 cm³/mol. The molecule has 1 saturated heterocycles. The fourth-order valence-electron chi connectivity index (χ4n) is 2.68. The highest BCUT2D eigenvalue weighted by molar-refractivity contribution is 5.89. The van der Waals surface area contributed by atoms with Gasteiger partial charge in [0.15, 0.2) is 0 Å². The Morgan fingerprint density at radius 2 is 2.09 bits per heavy atom. The summed E-state index contributed by atoms with van der Waals surface area (Å²) in [6.07, 6.45) is 3.30. The Bertz CT molecular complexity index is 658. The Morgan fingerprint density at radius 1 is 1.32 bits per heavy atom. The van der Waals surface area contributed by atoms with Gasteiger partial charge in [0, 0.05) is 5.56 Å². The van der Waals surface area contributed by atoms with Crippen LogP contribution in [-0.2, 0) is 10.3 Å². The molecule has 1 aliphatic heterocycles. The molecule has 0 aliphatic carbocycles. The van der Waals surface area contributed by atoms with Crippen LogP contribution < -0.4 is 5.32 Å². The molecule has 1 aromatic carbocycles. The lowest BCUT2D eigenvalue weighted by Gasteiger charge is -2.31. The summed E-state index contributed by atoms with van der Waals surface area (Å²) in [5, 5.41) is 7.51. The first-order valence-electron chi connectivity index (χ1n) is 7.40. The van der Waals surface area contributed by atoms with Crippen molar-refractivity contribution in [3.63, 3.8) is 0 Å². The Kier molecular flexibility index (Phi) is 3.94. The number of piperidine rings is 1. The zero-order valence-electron chi connectivity index (χ0n) is 12.8. The van der Waals surface area contributed by atoms with E-state index in [1.807, 2.05) is 0 Å². The van der Waals surface area contributed by atoms with Crippen molar-refractivity contribution in [2.75, 3.05) is 13.7 Å². The van der Waals surface area contributed by atoms with Crippen LogP contribution in [0.2, 0.25) is 0 Å². The maximum absolute atomic E-state index is 11.4. The molecule has 0 amide bonds. The van der Waals surface area contributed by atoms with Gasteiger partial charge in [-0.25, -0.2) is 4.79 Å². The summed E-state index contributed by atoms with van der Waals surface area (Å²) in [6.45, 7) is 3.05. The van der Waals surface area contributed by atoms with Gasteiger partial charge in [0.2, 0.25) is 11.7 Å². The van der Waals surface area contributed by atoms with Crippen LogP contribution >= 0.6 is 0 Å². The Balaban J connectivity index is 1.83. The van der Waals surface area contributed by atoms with Crippen LogP contribution in [0.3, 0.4) is 0 Å². The summed E-state index contributed by atoms with van der Waals surface area (Å²) in [5.41, 5.74) is 1.05. The van der Waals surface area contributed by atoms with Crippen molar-refractivity contribution in [2.24, 2.45) is 0 Å². The van der Waals surface area contributed by atoms with E-state index in [0.29, 0.717) is 17.3 Å². The van der Waals surface area contributed by atoms with Gasteiger partial charge in [0.05, 0.1) is 18.2 Å². The molecule has 2 heterocycles. The molecule has 1 aromatic heterocycles. The van der Waals surface area contributed by atoms with Crippen LogP contribution in [0.25, 0.3) is 11.4 Å². The number of hydrogen-bond donors (Lipinski definition) is 1. The van der Waals surface area contributed by atoms with Gasteiger partial charge in [0.1, 0.15) is 0 Å². The highest BCUT2D eigenvalue weighted by Gasteiger charge is 2.34. The molecule has 0 bridgehead atoms. The van der Waals surface area contributed by atoms with E-state index in [2.05, 4.69) is 27.1 Å². The number of rotatable bonds is 3. The molecule has 6 heteroatoms. The molecule has 3 rings (SSSR count). The smallest absolute Gasteiger partial charge is 0.337 e. The Hall–Kier alpha value is -2.21. The van der Waals surface area contributed by atoms with E-state index in [-0.39, 0.29) is 11.5 Å². The summed E-state index contributed by atoms with van der Waals surface area (Å²) >= 11 is 0. The Labute approximate surface area is 128 Å². The number of nitrogens with zero attached hydrogens (tertiary/aromatic N) is 2. The van der Waals surface area contributed by atoms with Crippen molar-refractivity contribution in [3.8, 4) is 11.4 Å². The third-order valence-corrected chi connectivity index (χ3v) is 4.08. The summed E-state index contributed by atoms with van der Waals surface area (Å²) in [6, 6.07) is 6.96. The third-order valence-electron chi connectivity index (χ3n) is 4.08. The number of esters is 1. The standard InChI is InChI=1S/C16H19N3O3/c1-16(9-3-4-10-17-16)15-18-13(19-22-15)11-5-7-12(8-6-11)14(20)21-2/h5-8,17H,3-4,9-10H2,1-2H3. The normalized spacial score (nSPS) is 21.5. The fraction of sp³-hybridized carbons (Fsp3) is 0.438. The SMILES string of the molecule is COC(=O)c1ccc(-c2noc(C3(C)CCCCN3)n2)cc1. The van der Waals surface area contributed by atoms with Gasteiger partial charge in [0.25, 0.3) is 0 Å². The quantitative estimate of drug-likeness (QED) is 0.878. The fourth-order valence-corrected chi connectivity index (χ4v) is 2.68. The van der Waals surface area contributed by atoms with Crippen LogP contribution in [-0.4, -0.2) is 29.8 Å². The topological polar surface area (TPSA) is 77.2 Å². The van der Waals surface area contributed by atoms with Crippen molar-refractivity contribution >= 4 is 5.97 Å². The highest BCUT2D eigenvalue weighted by Crippen LogP contribution is 2.30. The minimum Gasteiger partial charge on any atom is -0.465 e. The number of nitrogens with one attached hydrogen (secondary N) is 1. The van der Waals surface area contributed by atoms with Crippen molar-refractivity contribution in [1.29, 1.82) is 0 Å². The van der Waals surface area contributed by atoms with Crippen molar-refractivity contribution < 1.29 is 14.1 Å². The molecule has 0 saturated carbocycles. The van der Waals surface area contributed by atoms with E-state index in [0.717, 1.165) is 24.9 Å². The van der Waals surface area contributed by atoms with E-state index >= 15 is 0 Å².